The van der Waals surface area contributed by atoms with E-state index >= 15 is 0 Å². The number of nitrogens with zero attached hydrogens (tertiary/aromatic N) is 6. The summed E-state index contributed by atoms with van der Waals surface area (Å²) in [5.41, 5.74) is 2.37. The first-order valence-corrected chi connectivity index (χ1v) is 12.4. The Bertz CT molecular complexity index is 1830. The van der Waals surface area contributed by atoms with E-state index in [-0.39, 0.29) is 17.4 Å². The molecule has 0 aliphatic carbocycles. The summed E-state index contributed by atoms with van der Waals surface area (Å²) in [6.45, 7) is -0.578. The number of Topliss-reactive ketones (excluding diaryl/α,β-unsaturated/α-hetero) is 1. The first-order valence-electron chi connectivity index (χ1n) is 13.2. The van der Waals surface area contributed by atoms with Crippen LogP contribution in [0.3, 0.4) is 0 Å². The average Bonchev–Trinajstić information content (AvgIpc) is 3.55. The lowest BCUT2D eigenvalue weighted by molar-refractivity contribution is -0.121. The normalized spacial score (nSPS) is 13.6. The van der Waals surface area contributed by atoms with Crippen LogP contribution >= 0.6 is 23.2 Å². The van der Waals surface area contributed by atoms with Crippen LogP contribution in [0.2, 0.25) is 10.2 Å². The number of ether oxygens (including phenoxy) is 1. The highest BCUT2D eigenvalue weighted by Gasteiger charge is 2.23. The van der Waals surface area contributed by atoms with Crippen LogP contribution in [-0.2, 0) is 18.2 Å². The number of hydrogen-bond acceptors (Lipinski definition) is 6. The Balaban J connectivity index is 1.49. The molecule has 11 heteroatoms. The summed E-state index contributed by atoms with van der Waals surface area (Å²) in [6, 6.07) is 10.9. The Morgan fingerprint density at radius 1 is 1.11 bits per heavy atom. The number of rotatable bonds is 8. The number of halogens is 2. The Morgan fingerprint density at radius 2 is 1.95 bits per heavy atom. The first kappa shape index (κ1) is 22.1. The zero-order valence-electron chi connectivity index (χ0n) is 23.4. The maximum absolute atomic E-state index is 13.5. The number of ketones is 1. The molecule has 194 valence electrons. The molecule has 0 radical (unpaired) electrons. The SMILES string of the molecule is [2H]C([2H])([2H])n1cc2cc(CC(=O)C(CC)n3cc(OC)c(-c4cc(Cl)ccc4-n4cc(Cl)nn4)cc3=O)ccc2n1. The summed E-state index contributed by atoms with van der Waals surface area (Å²) in [6.07, 6.45) is 4.88. The molecule has 3 heterocycles. The van der Waals surface area contributed by atoms with Crippen LogP contribution in [-0.4, -0.2) is 42.2 Å². The molecule has 38 heavy (non-hydrogen) atoms. The second-order valence-electron chi connectivity index (χ2n) is 8.68. The van der Waals surface area contributed by atoms with Crippen LogP contribution < -0.4 is 10.3 Å². The lowest BCUT2D eigenvalue weighted by atomic mass is 9.99. The van der Waals surface area contributed by atoms with Gasteiger partial charge in [-0.1, -0.05) is 41.4 Å². The molecule has 1 unspecified atom stereocenters. The van der Waals surface area contributed by atoms with E-state index in [2.05, 4.69) is 15.4 Å². The van der Waals surface area contributed by atoms with Gasteiger partial charge in [-0.25, -0.2) is 4.68 Å². The van der Waals surface area contributed by atoms with Crippen molar-refractivity contribution in [3.05, 3.63) is 87.1 Å². The maximum Gasteiger partial charge on any atom is 0.252 e. The fourth-order valence-electron chi connectivity index (χ4n) is 4.51. The monoisotopic (exact) mass is 553 g/mol. The van der Waals surface area contributed by atoms with Crippen molar-refractivity contribution >= 4 is 39.9 Å². The van der Waals surface area contributed by atoms with Gasteiger partial charge in [0.05, 0.1) is 36.7 Å². The Kier molecular flexibility index (Phi) is 6.06. The van der Waals surface area contributed by atoms with Crippen molar-refractivity contribution in [1.29, 1.82) is 0 Å². The van der Waals surface area contributed by atoms with Gasteiger partial charge in [0, 0.05) is 51.3 Å². The number of aryl methyl sites for hydroxylation is 1. The third-order valence-corrected chi connectivity index (χ3v) is 6.67. The van der Waals surface area contributed by atoms with Gasteiger partial charge in [0.15, 0.2) is 10.9 Å². The van der Waals surface area contributed by atoms with Crippen LogP contribution in [0, 0.1) is 0 Å². The van der Waals surface area contributed by atoms with Crippen molar-refractivity contribution in [2.45, 2.75) is 25.8 Å². The number of benzene rings is 2. The third-order valence-electron chi connectivity index (χ3n) is 6.27. The van der Waals surface area contributed by atoms with Crippen molar-refractivity contribution in [1.82, 2.24) is 29.3 Å². The molecule has 5 rings (SSSR count). The van der Waals surface area contributed by atoms with Crippen molar-refractivity contribution in [2.24, 2.45) is 6.98 Å². The van der Waals surface area contributed by atoms with E-state index < -0.39 is 18.6 Å². The number of aromatic nitrogens is 6. The standard InChI is InChI=1S/C27H24Cl2N6O3/c1-4-22(24(36)10-16-5-7-21-17(9-16)13-33(2)31-21)34-14-25(38-3)20(12-27(34)37)19-11-18(28)6-8-23(19)35-15-26(29)30-32-35/h5-9,11-15,22H,4,10H2,1-3H3/i2D3. The summed E-state index contributed by atoms with van der Waals surface area (Å²) in [4.78, 5) is 26.9. The predicted octanol–water partition coefficient (Wildman–Crippen LogP) is 5.06. The molecule has 3 aromatic heterocycles. The molecule has 0 aliphatic heterocycles. The summed E-state index contributed by atoms with van der Waals surface area (Å²) >= 11 is 12.3. The fraction of sp³-hybridized carbons (Fsp3) is 0.222. The van der Waals surface area contributed by atoms with E-state index in [1.165, 1.54) is 41.0 Å². The van der Waals surface area contributed by atoms with Gasteiger partial charge in [0.2, 0.25) is 0 Å². The zero-order chi connectivity index (χ0) is 29.5. The van der Waals surface area contributed by atoms with Gasteiger partial charge >= 0.3 is 0 Å². The minimum Gasteiger partial charge on any atom is -0.495 e. The summed E-state index contributed by atoms with van der Waals surface area (Å²) in [5.74, 6) is 0.164. The Hall–Kier alpha value is -3.95. The molecule has 2 aromatic carbocycles. The number of fused-ring (bicyclic) bond motifs is 1. The third kappa shape index (κ3) is 4.94. The largest absolute Gasteiger partial charge is 0.495 e. The van der Waals surface area contributed by atoms with Crippen LogP contribution in [0.15, 0.2) is 65.8 Å². The number of pyridine rings is 1. The molecule has 5 aromatic rings. The minimum absolute atomic E-state index is 0.0371. The highest BCUT2D eigenvalue weighted by Crippen LogP contribution is 2.35. The molecule has 9 nitrogen and oxygen atoms in total. The second-order valence-corrected chi connectivity index (χ2v) is 9.51. The molecule has 0 saturated heterocycles. The van der Waals surface area contributed by atoms with Gasteiger partial charge in [-0.15, -0.1) is 5.10 Å². The zero-order valence-corrected chi connectivity index (χ0v) is 21.9. The van der Waals surface area contributed by atoms with Crippen LogP contribution in [0.1, 0.15) is 29.1 Å². The lowest BCUT2D eigenvalue weighted by Crippen LogP contribution is -2.30. The number of hydrogen-bond donors (Lipinski definition) is 0. The minimum atomic E-state index is -2.40. The topological polar surface area (TPSA) is 96.8 Å². The van der Waals surface area contributed by atoms with Crippen molar-refractivity contribution in [3.8, 4) is 22.6 Å². The molecule has 0 spiro atoms. The average molecular weight is 554 g/mol. The molecule has 0 bridgehead atoms. The van der Waals surface area contributed by atoms with E-state index in [0.29, 0.717) is 50.5 Å². The Labute approximate surface area is 232 Å². The molecule has 1 atom stereocenters. The van der Waals surface area contributed by atoms with Gasteiger partial charge in [-0.05, 0) is 42.3 Å². The Morgan fingerprint density at radius 3 is 2.66 bits per heavy atom. The highest BCUT2D eigenvalue weighted by atomic mass is 35.5. The van der Waals surface area contributed by atoms with Gasteiger partial charge in [-0.2, -0.15) is 5.10 Å². The molecule has 0 aliphatic rings. The predicted molar refractivity (Wildman–Crippen MR) is 146 cm³/mol. The number of methoxy groups -OCH3 is 1. The quantitative estimate of drug-likeness (QED) is 0.266. The van der Waals surface area contributed by atoms with E-state index in [1.54, 1.807) is 36.4 Å². The highest BCUT2D eigenvalue weighted by molar-refractivity contribution is 6.31. The van der Waals surface area contributed by atoms with Crippen molar-refractivity contribution in [2.75, 3.05) is 7.11 Å². The molecule has 0 saturated carbocycles. The van der Waals surface area contributed by atoms with Crippen LogP contribution in [0.25, 0.3) is 27.7 Å². The van der Waals surface area contributed by atoms with Crippen molar-refractivity contribution < 1.29 is 13.6 Å². The summed E-state index contributed by atoms with van der Waals surface area (Å²) in [7, 11) is 1.47. The van der Waals surface area contributed by atoms with Crippen LogP contribution in [0.5, 0.6) is 5.75 Å². The van der Waals surface area contributed by atoms with Crippen LogP contribution in [0.4, 0.5) is 0 Å². The smallest absolute Gasteiger partial charge is 0.252 e. The lowest BCUT2D eigenvalue weighted by Gasteiger charge is -2.20. The second kappa shape index (κ2) is 10.4. The van der Waals surface area contributed by atoms with Gasteiger partial charge in [-0.3, -0.25) is 14.3 Å². The molecule has 0 fully saturated rings. The summed E-state index contributed by atoms with van der Waals surface area (Å²) < 4.78 is 32.1. The van der Waals surface area contributed by atoms with Gasteiger partial charge in [0.1, 0.15) is 5.75 Å². The molecular weight excluding hydrogens is 527 g/mol. The van der Waals surface area contributed by atoms with Gasteiger partial charge in [0.25, 0.3) is 5.56 Å². The molecule has 0 N–H and O–H groups in total. The first-order chi connectivity index (χ1) is 19.5. The number of carbonyl (C=O) groups excluding carboxylic acids is 1. The molecule has 0 amide bonds. The maximum atomic E-state index is 13.5. The van der Waals surface area contributed by atoms with E-state index in [1.807, 2.05) is 6.92 Å². The van der Waals surface area contributed by atoms with E-state index in [0.717, 1.165) is 4.68 Å². The van der Waals surface area contributed by atoms with Gasteiger partial charge < -0.3 is 9.30 Å². The van der Waals surface area contributed by atoms with Crippen molar-refractivity contribution in [3.63, 3.8) is 0 Å². The number of carbonyl (C=O) groups is 1. The van der Waals surface area contributed by atoms with E-state index in [4.69, 9.17) is 32.1 Å². The molecular formula is C27H24Cl2N6O3. The fourth-order valence-corrected chi connectivity index (χ4v) is 4.81. The summed E-state index contributed by atoms with van der Waals surface area (Å²) in [5, 5.41) is 13.2. The van der Waals surface area contributed by atoms with E-state index in [9.17, 15) is 9.59 Å².